The topological polar surface area (TPSA) is 29.9 Å². The molecule has 3 nitrogen and oxygen atoms in total. The quantitative estimate of drug-likeness (QED) is 0.788. The van der Waals surface area contributed by atoms with Crippen LogP contribution in [0.2, 0.25) is 0 Å². The lowest BCUT2D eigenvalue weighted by molar-refractivity contribution is 0.740. The van der Waals surface area contributed by atoms with Gasteiger partial charge in [0.05, 0.1) is 6.20 Å². The Morgan fingerprint density at radius 1 is 1.31 bits per heavy atom. The van der Waals surface area contributed by atoms with Crippen molar-refractivity contribution < 1.29 is 0 Å². The fourth-order valence-electron chi connectivity index (χ4n) is 2.36. The van der Waals surface area contributed by atoms with Gasteiger partial charge in [0, 0.05) is 30.5 Å². The highest BCUT2D eigenvalue weighted by Gasteiger charge is 2.17. The molecule has 1 aliphatic rings. The monoisotopic (exact) mass is 213 g/mol. The fraction of sp³-hybridized carbons (Fsp3) is 0.308. The van der Waals surface area contributed by atoms with Crippen LogP contribution < -0.4 is 5.32 Å². The second-order valence-electron chi connectivity index (χ2n) is 4.28. The zero-order valence-electron chi connectivity index (χ0n) is 9.62. The minimum Gasteiger partial charge on any atom is -0.384 e. The highest BCUT2D eigenvalue weighted by atomic mass is 15.3. The molecule has 1 aromatic carbocycles. The zero-order chi connectivity index (χ0) is 11.1. The summed E-state index contributed by atoms with van der Waals surface area (Å²) in [4.78, 5) is 0. The van der Waals surface area contributed by atoms with Gasteiger partial charge in [0.15, 0.2) is 0 Å². The Hall–Kier alpha value is -1.77. The van der Waals surface area contributed by atoms with Gasteiger partial charge in [-0.2, -0.15) is 5.10 Å². The fourth-order valence-corrected chi connectivity index (χ4v) is 2.36. The molecule has 0 saturated heterocycles. The van der Waals surface area contributed by atoms with E-state index in [1.807, 2.05) is 17.9 Å². The van der Waals surface area contributed by atoms with Crippen LogP contribution in [-0.4, -0.2) is 16.3 Å². The molecule has 0 amide bonds. The van der Waals surface area contributed by atoms with Crippen LogP contribution >= 0.6 is 0 Å². The molecule has 3 heteroatoms. The number of rotatable bonds is 1. The van der Waals surface area contributed by atoms with Gasteiger partial charge in [-0.05, 0) is 30.5 Å². The molecule has 0 spiro atoms. The van der Waals surface area contributed by atoms with Gasteiger partial charge in [0.25, 0.3) is 0 Å². The zero-order valence-corrected chi connectivity index (χ0v) is 9.62. The first-order valence-electron chi connectivity index (χ1n) is 5.62. The number of nitrogens with zero attached hydrogens (tertiary/aromatic N) is 2. The Bertz CT molecular complexity index is 540. The van der Waals surface area contributed by atoms with E-state index in [2.05, 4.69) is 35.5 Å². The molecule has 0 aliphatic carbocycles. The first-order valence-corrected chi connectivity index (χ1v) is 5.62. The number of hydrogen-bond donors (Lipinski definition) is 1. The van der Waals surface area contributed by atoms with E-state index in [1.54, 1.807) is 0 Å². The summed E-state index contributed by atoms with van der Waals surface area (Å²) < 4.78 is 1.93. The van der Waals surface area contributed by atoms with Crippen LogP contribution in [0, 0.1) is 6.92 Å². The van der Waals surface area contributed by atoms with E-state index in [-0.39, 0.29) is 0 Å². The Labute approximate surface area is 95.1 Å². The van der Waals surface area contributed by atoms with E-state index >= 15 is 0 Å². The maximum atomic E-state index is 4.31. The third-order valence-corrected chi connectivity index (χ3v) is 3.39. The molecular weight excluding hydrogens is 198 g/mol. The number of benzene rings is 1. The second-order valence-corrected chi connectivity index (χ2v) is 4.28. The van der Waals surface area contributed by atoms with Crippen LogP contribution in [0.5, 0.6) is 0 Å². The first-order chi connectivity index (χ1) is 7.77. The third-order valence-electron chi connectivity index (χ3n) is 3.39. The van der Waals surface area contributed by atoms with E-state index in [9.17, 15) is 0 Å². The Morgan fingerprint density at radius 2 is 2.19 bits per heavy atom. The van der Waals surface area contributed by atoms with Crippen LogP contribution in [0.25, 0.3) is 11.1 Å². The summed E-state index contributed by atoms with van der Waals surface area (Å²) in [6.45, 7) is 3.16. The second kappa shape index (κ2) is 3.37. The number of fused-ring (bicyclic) bond motifs is 1. The maximum absolute atomic E-state index is 4.31. The molecule has 0 fully saturated rings. The predicted molar refractivity (Wildman–Crippen MR) is 65.6 cm³/mol. The van der Waals surface area contributed by atoms with E-state index in [4.69, 9.17) is 0 Å². The summed E-state index contributed by atoms with van der Waals surface area (Å²) in [5.74, 6) is 0. The van der Waals surface area contributed by atoms with Crippen LogP contribution in [0.15, 0.2) is 24.4 Å². The smallest absolute Gasteiger partial charge is 0.0571 e. The van der Waals surface area contributed by atoms with Gasteiger partial charge < -0.3 is 5.32 Å². The minimum atomic E-state index is 1.05. The number of nitrogens with one attached hydrogen (secondary N) is 1. The summed E-state index contributed by atoms with van der Waals surface area (Å²) in [6.07, 6.45) is 3.07. The van der Waals surface area contributed by atoms with Crippen molar-refractivity contribution in [1.82, 2.24) is 9.78 Å². The molecular formula is C13H15N3. The summed E-state index contributed by atoms with van der Waals surface area (Å²) in [7, 11) is 1.99. The van der Waals surface area contributed by atoms with E-state index < -0.39 is 0 Å². The van der Waals surface area contributed by atoms with Crippen LogP contribution in [-0.2, 0) is 13.5 Å². The number of anilines is 1. The van der Waals surface area contributed by atoms with Crippen molar-refractivity contribution in [2.75, 3.05) is 11.9 Å². The summed E-state index contributed by atoms with van der Waals surface area (Å²) >= 11 is 0. The predicted octanol–water partition coefficient (Wildman–Crippen LogP) is 2.36. The van der Waals surface area contributed by atoms with Gasteiger partial charge in [-0.1, -0.05) is 12.1 Å². The van der Waals surface area contributed by atoms with Crippen LogP contribution in [0.3, 0.4) is 0 Å². The van der Waals surface area contributed by atoms with Crippen molar-refractivity contribution >= 4 is 5.69 Å². The van der Waals surface area contributed by atoms with Gasteiger partial charge in [0.1, 0.15) is 0 Å². The van der Waals surface area contributed by atoms with Crippen molar-refractivity contribution in [3.05, 3.63) is 35.7 Å². The molecule has 0 unspecified atom stereocenters. The van der Waals surface area contributed by atoms with E-state index in [0.29, 0.717) is 0 Å². The summed E-state index contributed by atoms with van der Waals surface area (Å²) in [6, 6.07) is 6.45. The van der Waals surface area contributed by atoms with Crippen molar-refractivity contribution in [3.8, 4) is 11.1 Å². The maximum Gasteiger partial charge on any atom is 0.0571 e. The average Bonchev–Trinajstić information content (AvgIpc) is 2.87. The third kappa shape index (κ3) is 1.24. The van der Waals surface area contributed by atoms with E-state index in [0.717, 1.165) is 13.0 Å². The molecule has 16 heavy (non-hydrogen) atoms. The Morgan fingerprint density at radius 3 is 2.94 bits per heavy atom. The SMILES string of the molecule is Cc1c(-c2cccc3c2CCN3)cnn1C. The van der Waals surface area contributed by atoms with Gasteiger partial charge in [-0.15, -0.1) is 0 Å². The molecule has 0 saturated carbocycles. The lowest BCUT2D eigenvalue weighted by atomic mass is 9.98. The molecule has 0 atom stereocenters. The number of aryl methyl sites for hydroxylation is 1. The van der Waals surface area contributed by atoms with E-state index in [1.165, 1.54) is 28.1 Å². The molecule has 82 valence electrons. The van der Waals surface area contributed by atoms with Crippen molar-refractivity contribution in [2.24, 2.45) is 7.05 Å². The Kier molecular flexibility index (Phi) is 1.99. The molecule has 0 radical (unpaired) electrons. The summed E-state index contributed by atoms with van der Waals surface area (Å²) in [5.41, 5.74) is 6.51. The standard InChI is InChI=1S/C13H15N3/c1-9-12(8-15-16(9)2)10-4-3-5-13-11(10)6-7-14-13/h3-5,8,14H,6-7H2,1-2H3. The van der Waals surface area contributed by atoms with Crippen LogP contribution in [0.4, 0.5) is 5.69 Å². The highest BCUT2D eigenvalue weighted by molar-refractivity contribution is 5.76. The first kappa shape index (κ1) is 9.46. The molecule has 2 heterocycles. The van der Waals surface area contributed by atoms with Gasteiger partial charge in [-0.3, -0.25) is 4.68 Å². The average molecular weight is 213 g/mol. The molecule has 1 aromatic heterocycles. The van der Waals surface area contributed by atoms with Crippen molar-refractivity contribution in [3.63, 3.8) is 0 Å². The van der Waals surface area contributed by atoms with Crippen LogP contribution in [0.1, 0.15) is 11.3 Å². The lowest BCUT2D eigenvalue weighted by Gasteiger charge is -2.07. The van der Waals surface area contributed by atoms with Gasteiger partial charge in [0.2, 0.25) is 0 Å². The Balaban J connectivity index is 2.21. The molecule has 0 bridgehead atoms. The number of hydrogen-bond acceptors (Lipinski definition) is 2. The normalized spacial score (nSPS) is 13.6. The van der Waals surface area contributed by atoms with Gasteiger partial charge >= 0.3 is 0 Å². The summed E-state index contributed by atoms with van der Waals surface area (Å²) in [5, 5.41) is 7.72. The molecule has 2 aromatic rings. The highest BCUT2D eigenvalue weighted by Crippen LogP contribution is 2.33. The lowest BCUT2D eigenvalue weighted by Crippen LogP contribution is -1.93. The number of aromatic nitrogens is 2. The van der Waals surface area contributed by atoms with Crippen molar-refractivity contribution in [1.29, 1.82) is 0 Å². The molecule has 1 N–H and O–H groups in total. The van der Waals surface area contributed by atoms with Gasteiger partial charge in [-0.25, -0.2) is 0 Å². The van der Waals surface area contributed by atoms with Crippen molar-refractivity contribution in [2.45, 2.75) is 13.3 Å². The molecule has 1 aliphatic heterocycles. The minimum absolute atomic E-state index is 1.05. The largest absolute Gasteiger partial charge is 0.384 e. The molecule has 3 rings (SSSR count).